The molecule has 2 aromatic carbocycles. The van der Waals surface area contributed by atoms with Gasteiger partial charge >= 0.3 is 0 Å². The Balaban J connectivity index is 1.70. The van der Waals surface area contributed by atoms with Crippen LogP contribution in [-0.4, -0.2) is 17.0 Å². The number of hydrogen-bond donors (Lipinski definition) is 1. The molecular weight excluding hydrogens is 336 g/mol. The van der Waals surface area contributed by atoms with Gasteiger partial charge in [0.05, 0.1) is 12.8 Å². The summed E-state index contributed by atoms with van der Waals surface area (Å²) in [6, 6.07) is 25.9. The average Bonchev–Trinajstić information content (AvgIpc) is 3.26. The highest BCUT2D eigenvalue weighted by atomic mass is 16.3. The second-order valence-corrected chi connectivity index (χ2v) is 6.13. The monoisotopic (exact) mass is 356 g/mol. The van der Waals surface area contributed by atoms with Gasteiger partial charge in [0.1, 0.15) is 17.4 Å². The fraction of sp³-hybridized carbons (Fsp3) is 0.0909. The van der Waals surface area contributed by atoms with Crippen molar-refractivity contribution in [2.24, 2.45) is 0 Å². The number of anilines is 3. The van der Waals surface area contributed by atoms with E-state index in [1.54, 1.807) is 6.26 Å². The van der Waals surface area contributed by atoms with E-state index in [-0.39, 0.29) is 0 Å². The molecule has 5 nitrogen and oxygen atoms in total. The lowest BCUT2D eigenvalue weighted by Gasteiger charge is -2.20. The molecule has 0 unspecified atom stereocenters. The third-order valence-electron chi connectivity index (χ3n) is 4.26. The van der Waals surface area contributed by atoms with Crippen LogP contribution >= 0.6 is 0 Å². The zero-order valence-corrected chi connectivity index (χ0v) is 15.0. The second-order valence-electron chi connectivity index (χ2n) is 6.13. The molecule has 4 rings (SSSR count). The molecule has 0 aliphatic heterocycles. The zero-order valence-electron chi connectivity index (χ0n) is 15.0. The molecule has 0 aliphatic carbocycles. The number of hydrogen-bond acceptors (Lipinski definition) is 5. The van der Waals surface area contributed by atoms with Gasteiger partial charge in [-0.2, -0.15) is 0 Å². The fourth-order valence-corrected chi connectivity index (χ4v) is 2.79. The Bertz CT molecular complexity index is 986. The molecule has 0 saturated carbocycles. The van der Waals surface area contributed by atoms with E-state index in [0.29, 0.717) is 12.4 Å². The summed E-state index contributed by atoms with van der Waals surface area (Å²) in [6.45, 7) is 0.562. The fourth-order valence-electron chi connectivity index (χ4n) is 2.79. The van der Waals surface area contributed by atoms with Gasteiger partial charge in [-0.1, -0.05) is 48.5 Å². The van der Waals surface area contributed by atoms with Crippen LogP contribution in [0.1, 0.15) is 5.76 Å². The summed E-state index contributed by atoms with van der Waals surface area (Å²) in [4.78, 5) is 11.5. The number of nitrogens with one attached hydrogen (secondary N) is 1. The van der Waals surface area contributed by atoms with Crippen molar-refractivity contribution in [1.82, 2.24) is 9.97 Å². The van der Waals surface area contributed by atoms with E-state index in [4.69, 9.17) is 9.40 Å². The van der Waals surface area contributed by atoms with Crippen LogP contribution in [0.4, 0.5) is 17.3 Å². The van der Waals surface area contributed by atoms with Gasteiger partial charge in [-0.15, -0.1) is 0 Å². The van der Waals surface area contributed by atoms with Crippen molar-refractivity contribution in [3.8, 4) is 11.4 Å². The lowest BCUT2D eigenvalue weighted by molar-refractivity contribution is 0.518. The molecule has 0 radical (unpaired) electrons. The maximum atomic E-state index is 5.40. The first kappa shape index (κ1) is 16.8. The summed E-state index contributed by atoms with van der Waals surface area (Å²) in [5, 5.41) is 3.33. The Labute approximate surface area is 158 Å². The van der Waals surface area contributed by atoms with E-state index in [1.165, 1.54) is 0 Å². The van der Waals surface area contributed by atoms with E-state index in [1.807, 2.05) is 78.7 Å². The van der Waals surface area contributed by atoms with E-state index < -0.39 is 0 Å². The Kier molecular flexibility index (Phi) is 4.83. The maximum Gasteiger partial charge on any atom is 0.163 e. The minimum Gasteiger partial charge on any atom is -0.467 e. The summed E-state index contributed by atoms with van der Waals surface area (Å²) in [7, 11) is 2.00. The van der Waals surface area contributed by atoms with Crippen molar-refractivity contribution in [2.45, 2.75) is 6.54 Å². The minimum atomic E-state index is 0.562. The number of rotatable bonds is 6. The molecule has 0 spiro atoms. The van der Waals surface area contributed by atoms with Crippen molar-refractivity contribution in [1.29, 1.82) is 0 Å². The molecule has 2 heterocycles. The summed E-state index contributed by atoms with van der Waals surface area (Å²) in [6.07, 6.45) is 1.67. The van der Waals surface area contributed by atoms with Crippen molar-refractivity contribution in [3.63, 3.8) is 0 Å². The quantitative estimate of drug-likeness (QED) is 0.520. The Morgan fingerprint density at radius 1 is 0.889 bits per heavy atom. The highest BCUT2D eigenvalue weighted by Crippen LogP contribution is 2.26. The number of furan rings is 1. The van der Waals surface area contributed by atoms with Crippen molar-refractivity contribution in [2.75, 3.05) is 17.3 Å². The average molecular weight is 356 g/mol. The first-order chi connectivity index (χ1) is 13.3. The van der Waals surface area contributed by atoms with Gasteiger partial charge in [-0.3, -0.25) is 0 Å². The van der Waals surface area contributed by atoms with Gasteiger partial charge < -0.3 is 14.6 Å². The van der Waals surface area contributed by atoms with E-state index in [0.717, 1.165) is 28.6 Å². The van der Waals surface area contributed by atoms with Crippen LogP contribution in [0.3, 0.4) is 0 Å². The Morgan fingerprint density at radius 2 is 1.63 bits per heavy atom. The summed E-state index contributed by atoms with van der Waals surface area (Å²) >= 11 is 0. The van der Waals surface area contributed by atoms with Crippen LogP contribution in [0, 0.1) is 0 Å². The normalized spacial score (nSPS) is 10.6. The predicted octanol–water partition coefficient (Wildman–Crippen LogP) is 5.12. The zero-order chi connectivity index (χ0) is 18.5. The van der Waals surface area contributed by atoms with Crippen LogP contribution in [0.2, 0.25) is 0 Å². The lowest BCUT2D eigenvalue weighted by Crippen LogP contribution is -2.13. The summed E-state index contributed by atoms with van der Waals surface area (Å²) in [5.41, 5.74) is 2.04. The number of benzene rings is 2. The molecule has 1 N–H and O–H groups in total. The smallest absolute Gasteiger partial charge is 0.163 e. The van der Waals surface area contributed by atoms with E-state index >= 15 is 0 Å². The molecule has 134 valence electrons. The van der Waals surface area contributed by atoms with Gasteiger partial charge in [-0.25, -0.2) is 9.97 Å². The highest BCUT2D eigenvalue weighted by molar-refractivity contribution is 5.66. The molecule has 27 heavy (non-hydrogen) atoms. The van der Waals surface area contributed by atoms with Crippen LogP contribution in [0.5, 0.6) is 0 Å². The van der Waals surface area contributed by atoms with Crippen LogP contribution in [-0.2, 0) is 6.54 Å². The molecule has 0 bridgehead atoms. The first-order valence-electron chi connectivity index (χ1n) is 8.79. The van der Waals surface area contributed by atoms with Crippen LogP contribution in [0.15, 0.2) is 89.5 Å². The van der Waals surface area contributed by atoms with E-state index in [9.17, 15) is 0 Å². The maximum absolute atomic E-state index is 5.40. The van der Waals surface area contributed by atoms with Crippen molar-refractivity contribution < 1.29 is 4.42 Å². The minimum absolute atomic E-state index is 0.562. The lowest BCUT2D eigenvalue weighted by atomic mass is 10.2. The summed E-state index contributed by atoms with van der Waals surface area (Å²) < 4.78 is 5.40. The Hall–Kier alpha value is -3.60. The molecule has 0 atom stereocenters. The largest absolute Gasteiger partial charge is 0.467 e. The topological polar surface area (TPSA) is 54.2 Å². The number of nitrogens with zero attached hydrogens (tertiary/aromatic N) is 3. The Morgan fingerprint density at radius 3 is 2.33 bits per heavy atom. The number of aromatic nitrogens is 2. The van der Waals surface area contributed by atoms with E-state index in [2.05, 4.69) is 22.4 Å². The van der Waals surface area contributed by atoms with Gasteiger partial charge in [0, 0.05) is 24.4 Å². The molecule has 0 amide bonds. The van der Waals surface area contributed by atoms with Gasteiger partial charge in [0.15, 0.2) is 5.82 Å². The third kappa shape index (κ3) is 3.98. The molecule has 0 fully saturated rings. The van der Waals surface area contributed by atoms with Crippen molar-refractivity contribution >= 4 is 17.3 Å². The SMILES string of the molecule is CN(c1ccccc1)c1cc(NCc2ccco2)nc(-c2ccccc2)n1. The standard InChI is InChI=1S/C22H20N4O/c1-26(18-11-6-3-7-12-18)21-15-20(23-16-19-13-8-14-27-19)24-22(25-21)17-9-4-2-5-10-17/h2-15H,16H2,1H3,(H,23,24,25). The summed E-state index contributed by atoms with van der Waals surface area (Å²) in [5.74, 6) is 3.10. The third-order valence-corrected chi connectivity index (χ3v) is 4.26. The predicted molar refractivity (Wildman–Crippen MR) is 108 cm³/mol. The molecule has 4 aromatic rings. The number of para-hydroxylation sites is 1. The second kappa shape index (κ2) is 7.74. The van der Waals surface area contributed by atoms with Crippen molar-refractivity contribution in [3.05, 3.63) is 90.9 Å². The van der Waals surface area contributed by atoms with Gasteiger partial charge in [-0.05, 0) is 24.3 Å². The first-order valence-corrected chi connectivity index (χ1v) is 8.79. The molecular formula is C22H20N4O. The van der Waals surface area contributed by atoms with Crippen LogP contribution < -0.4 is 10.2 Å². The molecule has 0 aliphatic rings. The van der Waals surface area contributed by atoms with Gasteiger partial charge in [0.25, 0.3) is 0 Å². The molecule has 0 saturated heterocycles. The van der Waals surface area contributed by atoms with Gasteiger partial charge in [0.2, 0.25) is 0 Å². The van der Waals surface area contributed by atoms with Crippen LogP contribution in [0.25, 0.3) is 11.4 Å². The molecule has 5 heteroatoms. The molecule has 2 aromatic heterocycles. The highest BCUT2D eigenvalue weighted by Gasteiger charge is 2.11.